The van der Waals surface area contributed by atoms with Gasteiger partial charge in [-0.1, -0.05) is 0 Å². The van der Waals surface area contributed by atoms with E-state index < -0.39 is 0 Å². The fraction of sp³-hybridized carbons (Fsp3) is 0.375. The van der Waals surface area contributed by atoms with Crippen molar-refractivity contribution in [1.29, 1.82) is 0 Å². The van der Waals surface area contributed by atoms with Gasteiger partial charge in [-0.15, -0.1) is 0 Å². The molecule has 3 nitrogen and oxygen atoms in total. The summed E-state index contributed by atoms with van der Waals surface area (Å²) in [5, 5.41) is 3.06. The van der Waals surface area contributed by atoms with Crippen molar-refractivity contribution >= 4 is 5.82 Å². The maximum Gasteiger partial charge on any atom is 0.133 e. The zero-order valence-electron chi connectivity index (χ0n) is 6.42. The summed E-state index contributed by atoms with van der Waals surface area (Å²) >= 11 is 0. The summed E-state index contributed by atoms with van der Waals surface area (Å²) in [5.41, 5.74) is 2.33. The van der Waals surface area contributed by atoms with Gasteiger partial charge in [-0.05, 0) is 18.6 Å². The van der Waals surface area contributed by atoms with Crippen molar-refractivity contribution in [3.63, 3.8) is 0 Å². The topological polar surface area (TPSA) is 34.1 Å². The molecule has 1 aliphatic rings. The summed E-state index contributed by atoms with van der Waals surface area (Å²) in [6.45, 7) is 3.28. The van der Waals surface area contributed by atoms with Crippen LogP contribution < -0.4 is 5.32 Å². The van der Waals surface area contributed by atoms with Gasteiger partial charge in [-0.2, -0.15) is 0 Å². The Hall–Kier alpha value is -1.09. The number of fused-ring (bicyclic) bond motifs is 1. The Bertz CT molecular complexity index is 273. The van der Waals surface area contributed by atoms with Crippen LogP contribution in [-0.2, 0) is 11.3 Å². The Balaban J connectivity index is 2.43. The van der Waals surface area contributed by atoms with Crippen molar-refractivity contribution in [2.45, 2.75) is 13.5 Å². The van der Waals surface area contributed by atoms with Crippen LogP contribution in [0.2, 0.25) is 0 Å². The van der Waals surface area contributed by atoms with Crippen LogP contribution in [0.4, 0.5) is 5.82 Å². The summed E-state index contributed by atoms with van der Waals surface area (Å²) < 4.78 is 5.20. The van der Waals surface area contributed by atoms with Crippen molar-refractivity contribution in [2.24, 2.45) is 0 Å². The fourth-order valence-corrected chi connectivity index (χ4v) is 1.18. The molecule has 0 fully saturated rings. The number of anilines is 1. The molecular formula is C8H10N2O. The smallest absolute Gasteiger partial charge is 0.133 e. The van der Waals surface area contributed by atoms with Gasteiger partial charge in [0, 0.05) is 11.8 Å². The molecule has 1 aliphatic heterocycles. The van der Waals surface area contributed by atoms with Crippen molar-refractivity contribution < 1.29 is 4.74 Å². The molecule has 1 N–H and O–H groups in total. The third-order valence-corrected chi connectivity index (χ3v) is 1.70. The summed E-state index contributed by atoms with van der Waals surface area (Å²) in [4.78, 5) is 4.23. The molecular weight excluding hydrogens is 140 g/mol. The molecule has 3 heteroatoms. The Morgan fingerprint density at radius 2 is 2.55 bits per heavy atom. The normalized spacial score (nSPS) is 15.4. The third kappa shape index (κ3) is 1.19. The molecule has 0 saturated heterocycles. The van der Waals surface area contributed by atoms with Gasteiger partial charge in [0.05, 0.1) is 6.61 Å². The molecule has 0 bridgehead atoms. The number of nitrogens with zero attached hydrogens (tertiary/aromatic N) is 1. The minimum atomic E-state index is 0.572. The minimum absolute atomic E-state index is 0.572. The van der Waals surface area contributed by atoms with Gasteiger partial charge < -0.3 is 10.1 Å². The highest BCUT2D eigenvalue weighted by molar-refractivity contribution is 5.45. The first-order valence-electron chi connectivity index (χ1n) is 3.63. The number of hydrogen-bond acceptors (Lipinski definition) is 3. The second-order valence-electron chi connectivity index (χ2n) is 2.69. The fourth-order valence-electron chi connectivity index (χ4n) is 1.18. The Labute approximate surface area is 65.4 Å². The van der Waals surface area contributed by atoms with E-state index in [1.54, 1.807) is 0 Å². The lowest BCUT2D eigenvalue weighted by molar-refractivity contribution is 0.130. The SMILES string of the molecule is Cc1cnc2c(c1)COCN2. The maximum atomic E-state index is 5.20. The van der Waals surface area contributed by atoms with E-state index in [1.807, 2.05) is 13.1 Å². The number of hydrogen-bond donors (Lipinski definition) is 1. The van der Waals surface area contributed by atoms with Crippen molar-refractivity contribution in [2.75, 3.05) is 12.0 Å². The van der Waals surface area contributed by atoms with Crippen molar-refractivity contribution in [1.82, 2.24) is 4.98 Å². The number of pyridine rings is 1. The molecule has 0 radical (unpaired) electrons. The first-order valence-corrected chi connectivity index (χ1v) is 3.63. The van der Waals surface area contributed by atoms with Crippen molar-refractivity contribution in [3.8, 4) is 0 Å². The number of aromatic nitrogens is 1. The highest BCUT2D eigenvalue weighted by Crippen LogP contribution is 2.17. The van der Waals surface area contributed by atoms with Gasteiger partial charge in [0.25, 0.3) is 0 Å². The molecule has 0 atom stereocenters. The van der Waals surface area contributed by atoms with E-state index in [0.29, 0.717) is 13.3 Å². The highest BCUT2D eigenvalue weighted by Gasteiger charge is 2.08. The minimum Gasteiger partial charge on any atom is -0.356 e. The van der Waals surface area contributed by atoms with Gasteiger partial charge in [-0.3, -0.25) is 0 Å². The van der Waals surface area contributed by atoms with Crippen LogP contribution in [0, 0.1) is 6.92 Å². The molecule has 1 aromatic rings. The van der Waals surface area contributed by atoms with E-state index in [4.69, 9.17) is 4.74 Å². The molecule has 0 unspecified atom stereocenters. The molecule has 0 aliphatic carbocycles. The molecule has 58 valence electrons. The van der Waals surface area contributed by atoms with Gasteiger partial charge >= 0.3 is 0 Å². The van der Waals surface area contributed by atoms with Gasteiger partial charge in [0.15, 0.2) is 0 Å². The van der Waals surface area contributed by atoms with E-state index in [9.17, 15) is 0 Å². The summed E-state index contributed by atoms with van der Waals surface area (Å²) in [5.74, 6) is 0.960. The number of ether oxygens (including phenoxy) is 1. The Morgan fingerprint density at radius 3 is 3.45 bits per heavy atom. The lowest BCUT2D eigenvalue weighted by Crippen LogP contribution is -2.15. The lowest BCUT2D eigenvalue weighted by Gasteiger charge is -2.17. The largest absolute Gasteiger partial charge is 0.356 e. The third-order valence-electron chi connectivity index (χ3n) is 1.70. The van der Waals surface area contributed by atoms with Crippen molar-refractivity contribution in [3.05, 3.63) is 23.4 Å². The lowest BCUT2D eigenvalue weighted by atomic mass is 10.2. The molecule has 0 amide bonds. The van der Waals surface area contributed by atoms with Crippen LogP contribution in [0.15, 0.2) is 12.3 Å². The predicted octanol–water partition coefficient (Wildman–Crippen LogP) is 1.29. The van der Waals surface area contributed by atoms with Gasteiger partial charge in [0.1, 0.15) is 12.5 Å². The molecule has 0 aromatic carbocycles. The van der Waals surface area contributed by atoms with Crippen LogP contribution in [-0.4, -0.2) is 11.7 Å². The maximum absolute atomic E-state index is 5.20. The molecule has 2 rings (SSSR count). The number of nitrogens with one attached hydrogen (secondary N) is 1. The summed E-state index contributed by atoms with van der Waals surface area (Å²) in [6.07, 6.45) is 1.86. The molecule has 11 heavy (non-hydrogen) atoms. The second-order valence-corrected chi connectivity index (χ2v) is 2.69. The van der Waals surface area contributed by atoms with Crippen LogP contribution in [0.25, 0.3) is 0 Å². The molecule has 0 spiro atoms. The quantitative estimate of drug-likeness (QED) is 0.605. The summed E-state index contributed by atoms with van der Waals surface area (Å²) in [7, 11) is 0. The van der Waals surface area contributed by atoms with Gasteiger partial charge in [0.2, 0.25) is 0 Å². The summed E-state index contributed by atoms with van der Waals surface area (Å²) in [6, 6.07) is 2.09. The van der Waals surface area contributed by atoms with E-state index >= 15 is 0 Å². The molecule has 2 heterocycles. The van der Waals surface area contributed by atoms with Crippen LogP contribution in [0.1, 0.15) is 11.1 Å². The zero-order valence-corrected chi connectivity index (χ0v) is 6.42. The van der Waals surface area contributed by atoms with E-state index in [2.05, 4.69) is 16.4 Å². The second kappa shape index (κ2) is 2.51. The standard InChI is InChI=1S/C8H10N2O/c1-6-2-7-4-11-5-10-8(7)9-3-6/h2-3H,4-5H2,1H3,(H,9,10). The van der Waals surface area contributed by atoms with E-state index in [1.165, 1.54) is 5.56 Å². The van der Waals surface area contributed by atoms with E-state index in [0.717, 1.165) is 11.4 Å². The van der Waals surface area contributed by atoms with Crippen LogP contribution in [0.3, 0.4) is 0 Å². The van der Waals surface area contributed by atoms with Crippen LogP contribution in [0.5, 0.6) is 0 Å². The highest BCUT2D eigenvalue weighted by atomic mass is 16.5. The van der Waals surface area contributed by atoms with E-state index in [-0.39, 0.29) is 0 Å². The molecule has 0 saturated carbocycles. The average Bonchev–Trinajstić information content (AvgIpc) is 2.04. The zero-order chi connectivity index (χ0) is 7.68. The Morgan fingerprint density at radius 1 is 1.64 bits per heavy atom. The first kappa shape index (κ1) is 6.61. The number of rotatable bonds is 0. The predicted molar refractivity (Wildman–Crippen MR) is 42.3 cm³/mol. The molecule has 1 aromatic heterocycles. The Kier molecular flexibility index (Phi) is 1.51. The first-order chi connectivity index (χ1) is 5.36. The number of aryl methyl sites for hydroxylation is 1. The van der Waals surface area contributed by atoms with Crippen LogP contribution >= 0.6 is 0 Å². The monoisotopic (exact) mass is 150 g/mol. The van der Waals surface area contributed by atoms with Gasteiger partial charge in [-0.25, -0.2) is 4.98 Å². The average molecular weight is 150 g/mol.